The minimum atomic E-state index is -0.507. The smallest absolute Gasteiger partial charge is 0.336 e. The van der Waals surface area contributed by atoms with E-state index in [1.54, 1.807) is 25.1 Å². The molecular formula is C14H10O5. The molecule has 3 aromatic rings. The number of benzene rings is 1. The van der Waals surface area contributed by atoms with E-state index in [1.165, 1.54) is 12.3 Å². The molecule has 0 aliphatic carbocycles. The predicted molar refractivity (Wildman–Crippen MR) is 68.2 cm³/mol. The van der Waals surface area contributed by atoms with Crippen LogP contribution < -0.4 is 10.4 Å². The van der Waals surface area contributed by atoms with Crippen molar-refractivity contribution < 1.29 is 18.4 Å². The van der Waals surface area contributed by atoms with Crippen LogP contribution in [0, 0.1) is 0 Å². The minimum Gasteiger partial charge on any atom is -0.460 e. The van der Waals surface area contributed by atoms with Gasteiger partial charge in [0.1, 0.15) is 0 Å². The molecule has 5 heteroatoms. The third-order valence-electron chi connectivity index (χ3n) is 2.79. The van der Waals surface area contributed by atoms with E-state index >= 15 is 0 Å². The molecule has 0 fully saturated rings. The molecule has 0 saturated heterocycles. The maximum Gasteiger partial charge on any atom is 0.336 e. The van der Waals surface area contributed by atoms with E-state index in [-0.39, 0.29) is 17.8 Å². The van der Waals surface area contributed by atoms with Crippen molar-refractivity contribution in [2.75, 3.05) is 0 Å². The summed E-state index contributed by atoms with van der Waals surface area (Å²) >= 11 is 0. The number of hydrogen-bond acceptors (Lipinski definition) is 5. The zero-order valence-electron chi connectivity index (χ0n) is 10.1. The van der Waals surface area contributed by atoms with Crippen molar-refractivity contribution in [1.82, 2.24) is 0 Å². The topological polar surface area (TPSA) is 69.7 Å². The van der Waals surface area contributed by atoms with E-state index in [1.807, 2.05) is 0 Å². The van der Waals surface area contributed by atoms with Gasteiger partial charge in [0.25, 0.3) is 0 Å². The first-order valence-electron chi connectivity index (χ1n) is 5.84. The van der Waals surface area contributed by atoms with E-state index in [0.717, 1.165) is 5.39 Å². The molecule has 2 heterocycles. The molecule has 3 rings (SSSR count). The van der Waals surface area contributed by atoms with Crippen LogP contribution in [0.15, 0.2) is 44.2 Å². The van der Waals surface area contributed by atoms with Crippen LogP contribution in [0.25, 0.3) is 21.9 Å². The summed E-state index contributed by atoms with van der Waals surface area (Å²) in [4.78, 5) is 22.8. The summed E-state index contributed by atoms with van der Waals surface area (Å²) in [7, 11) is 0. The third-order valence-corrected chi connectivity index (χ3v) is 2.79. The lowest BCUT2D eigenvalue weighted by Gasteiger charge is -2.06. The molecule has 0 amide bonds. The Balaban J connectivity index is 2.38. The lowest BCUT2D eigenvalue weighted by molar-refractivity contribution is -0.133. The number of esters is 1. The summed E-state index contributed by atoms with van der Waals surface area (Å²) in [5.41, 5.74) is 0.104. The number of furan rings is 1. The molecule has 0 N–H and O–H groups in total. The highest BCUT2D eigenvalue weighted by Crippen LogP contribution is 2.35. The summed E-state index contributed by atoms with van der Waals surface area (Å²) in [6.45, 7) is 1.68. The first-order valence-corrected chi connectivity index (χ1v) is 5.84. The first-order chi connectivity index (χ1) is 9.19. The Morgan fingerprint density at radius 3 is 2.79 bits per heavy atom. The largest absolute Gasteiger partial charge is 0.460 e. The highest BCUT2D eigenvalue weighted by atomic mass is 16.5. The lowest BCUT2D eigenvalue weighted by atomic mass is 10.1. The number of rotatable bonds is 2. The zero-order valence-corrected chi connectivity index (χ0v) is 10.1. The van der Waals surface area contributed by atoms with Crippen LogP contribution in [-0.4, -0.2) is 5.97 Å². The van der Waals surface area contributed by atoms with Gasteiger partial charge in [-0.2, -0.15) is 0 Å². The van der Waals surface area contributed by atoms with Gasteiger partial charge >= 0.3 is 11.6 Å². The van der Waals surface area contributed by atoms with Crippen LogP contribution in [0.3, 0.4) is 0 Å². The Morgan fingerprint density at radius 1 is 1.21 bits per heavy atom. The molecule has 0 aliphatic rings. The van der Waals surface area contributed by atoms with Crippen molar-refractivity contribution in [3.8, 4) is 5.75 Å². The highest BCUT2D eigenvalue weighted by molar-refractivity contribution is 6.01. The average Bonchev–Trinajstić information content (AvgIpc) is 2.87. The molecule has 0 radical (unpaired) electrons. The fraction of sp³-hybridized carbons (Fsp3) is 0.143. The summed E-state index contributed by atoms with van der Waals surface area (Å²) < 4.78 is 15.7. The van der Waals surface area contributed by atoms with Crippen molar-refractivity contribution in [3.63, 3.8) is 0 Å². The number of ether oxygens (including phenoxy) is 1. The van der Waals surface area contributed by atoms with Crippen molar-refractivity contribution in [1.29, 1.82) is 0 Å². The van der Waals surface area contributed by atoms with Crippen LogP contribution in [0.5, 0.6) is 5.75 Å². The molecule has 0 spiro atoms. The normalized spacial score (nSPS) is 11.0. The quantitative estimate of drug-likeness (QED) is 0.401. The van der Waals surface area contributed by atoms with Crippen LogP contribution in [0.2, 0.25) is 0 Å². The molecule has 0 saturated carbocycles. The van der Waals surface area contributed by atoms with Gasteiger partial charge < -0.3 is 13.6 Å². The Labute approximate surface area is 107 Å². The Hall–Kier alpha value is -2.56. The molecule has 2 aromatic heterocycles. The number of fused-ring (bicyclic) bond motifs is 2. The van der Waals surface area contributed by atoms with Crippen LogP contribution in [-0.2, 0) is 4.79 Å². The monoisotopic (exact) mass is 258 g/mol. The second kappa shape index (κ2) is 4.28. The predicted octanol–water partition coefficient (Wildman–Crippen LogP) is 2.85. The molecule has 5 nitrogen and oxygen atoms in total. The third kappa shape index (κ3) is 1.89. The molecule has 19 heavy (non-hydrogen) atoms. The number of hydrogen-bond donors (Lipinski definition) is 0. The fourth-order valence-corrected chi connectivity index (χ4v) is 1.88. The van der Waals surface area contributed by atoms with Crippen molar-refractivity contribution in [2.45, 2.75) is 13.3 Å². The Morgan fingerprint density at radius 2 is 2.00 bits per heavy atom. The van der Waals surface area contributed by atoms with E-state index in [4.69, 9.17) is 13.6 Å². The molecule has 96 valence electrons. The lowest BCUT2D eigenvalue weighted by Crippen LogP contribution is -2.07. The summed E-state index contributed by atoms with van der Waals surface area (Å²) in [5, 5.41) is 1.45. The van der Waals surface area contributed by atoms with Crippen molar-refractivity contribution in [2.24, 2.45) is 0 Å². The van der Waals surface area contributed by atoms with Gasteiger partial charge in [-0.05, 0) is 18.2 Å². The summed E-state index contributed by atoms with van der Waals surface area (Å²) in [6, 6.07) is 6.50. The van der Waals surface area contributed by atoms with Crippen LogP contribution >= 0.6 is 0 Å². The maximum absolute atomic E-state index is 11.5. The van der Waals surface area contributed by atoms with Gasteiger partial charge in [0.05, 0.1) is 6.26 Å². The second-order valence-electron chi connectivity index (χ2n) is 4.05. The molecule has 0 bridgehead atoms. The minimum absolute atomic E-state index is 0.155. The molecular weight excluding hydrogens is 248 g/mol. The molecule has 1 aromatic carbocycles. The molecule has 0 aliphatic heterocycles. The number of carbonyl (C=O) groups is 1. The molecule has 0 atom stereocenters. The first kappa shape index (κ1) is 11.5. The standard InChI is InChI=1S/C14H10O5/c1-2-10(15)18-14-12-9(5-6-17-12)7-8-3-4-11(16)19-13(8)14/h3-7H,2H2,1H3. The van der Waals surface area contributed by atoms with Gasteiger partial charge in [0.15, 0.2) is 11.2 Å². The SMILES string of the molecule is CCC(=O)Oc1c2occc2cc2ccc(=O)oc12. The fourth-order valence-electron chi connectivity index (χ4n) is 1.88. The molecule has 0 unspecified atom stereocenters. The van der Waals surface area contributed by atoms with E-state index < -0.39 is 11.6 Å². The van der Waals surface area contributed by atoms with E-state index in [2.05, 4.69) is 0 Å². The summed E-state index contributed by atoms with van der Waals surface area (Å²) in [6.07, 6.45) is 1.71. The second-order valence-corrected chi connectivity index (χ2v) is 4.05. The highest BCUT2D eigenvalue weighted by Gasteiger charge is 2.16. The van der Waals surface area contributed by atoms with Gasteiger partial charge in [0.2, 0.25) is 5.75 Å². The summed E-state index contributed by atoms with van der Waals surface area (Å²) in [5.74, 6) is -0.265. The van der Waals surface area contributed by atoms with E-state index in [0.29, 0.717) is 11.0 Å². The zero-order chi connectivity index (χ0) is 13.4. The van der Waals surface area contributed by atoms with E-state index in [9.17, 15) is 9.59 Å². The van der Waals surface area contributed by atoms with Gasteiger partial charge in [0, 0.05) is 23.3 Å². The van der Waals surface area contributed by atoms with Gasteiger partial charge in [-0.1, -0.05) is 6.92 Å². The van der Waals surface area contributed by atoms with Gasteiger partial charge in [-0.15, -0.1) is 0 Å². The van der Waals surface area contributed by atoms with Crippen molar-refractivity contribution in [3.05, 3.63) is 40.9 Å². The Bertz CT molecular complexity index is 825. The van der Waals surface area contributed by atoms with Gasteiger partial charge in [-0.25, -0.2) is 4.79 Å². The van der Waals surface area contributed by atoms with Crippen molar-refractivity contribution >= 4 is 27.9 Å². The van der Waals surface area contributed by atoms with Crippen LogP contribution in [0.4, 0.5) is 0 Å². The number of carbonyl (C=O) groups excluding carboxylic acids is 1. The maximum atomic E-state index is 11.5. The Kier molecular flexibility index (Phi) is 2.59. The average molecular weight is 258 g/mol. The van der Waals surface area contributed by atoms with Gasteiger partial charge in [-0.3, -0.25) is 4.79 Å². The van der Waals surface area contributed by atoms with Crippen LogP contribution in [0.1, 0.15) is 13.3 Å².